The Kier molecular flexibility index (Phi) is 8.42. The highest BCUT2D eigenvalue weighted by molar-refractivity contribution is 6.42. The van der Waals surface area contributed by atoms with Gasteiger partial charge in [-0.15, -0.1) is 6.58 Å². The molecular formula is C28H21Cl3N2O5. The summed E-state index contributed by atoms with van der Waals surface area (Å²) in [6, 6.07) is 13.9. The van der Waals surface area contributed by atoms with Gasteiger partial charge in [0.2, 0.25) is 0 Å². The summed E-state index contributed by atoms with van der Waals surface area (Å²) in [6.45, 7) is 3.95. The molecule has 1 N–H and O–H groups in total. The van der Waals surface area contributed by atoms with Gasteiger partial charge in [-0.2, -0.15) is 0 Å². The van der Waals surface area contributed by atoms with Gasteiger partial charge >= 0.3 is 6.03 Å². The molecule has 1 fully saturated rings. The summed E-state index contributed by atoms with van der Waals surface area (Å²) >= 11 is 18.5. The van der Waals surface area contributed by atoms with E-state index >= 15 is 0 Å². The highest BCUT2D eigenvalue weighted by atomic mass is 35.5. The van der Waals surface area contributed by atoms with Gasteiger partial charge in [-0.25, -0.2) is 9.69 Å². The standard InChI is InChI=1S/C28H21Cl3N2O5/c1-3-6-17-11-16(13-24(37-2)25(17)38-15-18-9-10-19(29)14-22(18)31)12-20-26(34)32-28(36)33(27(20)35)23-8-5-4-7-21(23)30/h3-5,7-14H,1,6,15H2,2H3,(H,32,34,36)/b20-12+. The number of carbonyl (C=O) groups is 3. The number of ether oxygens (including phenoxy) is 2. The molecule has 194 valence electrons. The predicted molar refractivity (Wildman–Crippen MR) is 148 cm³/mol. The number of anilines is 1. The van der Waals surface area contributed by atoms with Gasteiger partial charge in [-0.1, -0.05) is 59.1 Å². The lowest BCUT2D eigenvalue weighted by Gasteiger charge is -2.27. The molecule has 7 nitrogen and oxygen atoms in total. The molecule has 4 amide bonds. The average molecular weight is 572 g/mol. The van der Waals surface area contributed by atoms with E-state index in [2.05, 4.69) is 11.9 Å². The van der Waals surface area contributed by atoms with E-state index in [1.54, 1.807) is 54.6 Å². The number of carbonyl (C=O) groups excluding carboxylic acids is 3. The minimum absolute atomic E-state index is 0.146. The maximum atomic E-state index is 13.3. The van der Waals surface area contributed by atoms with Crippen LogP contribution in [-0.2, 0) is 22.6 Å². The third-order valence-corrected chi connectivity index (χ3v) is 6.54. The number of para-hydroxylation sites is 1. The van der Waals surface area contributed by atoms with Gasteiger partial charge in [-0.05, 0) is 54.5 Å². The molecule has 1 heterocycles. The lowest BCUT2D eigenvalue weighted by Crippen LogP contribution is -2.54. The first-order chi connectivity index (χ1) is 18.2. The summed E-state index contributed by atoms with van der Waals surface area (Å²) in [4.78, 5) is 39.3. The number of nitrogens with one attached hydrogen (secondary N) is 1. The number of urea groups is 1. The number of hydrogen-bond acceptors (Lipinski definition) is 5. The Balaban J connectivity index is 1.71. The average Bonchev–Trinajstić information content (AvgIpc) is 2.87. The summed E-state index contributed by atoms with van der Waals surface area (Å²) in [6.07, 6.45) is 3.47. The predicted octanol–water partition coefficient (Wildman–Crippen LogP) is 6.63. The number of imide groups is 2. The molecule has 0 bridgehead atoms. The molecule has 0 aromatic heterocycles. The minimum atomic E-state index is -0.889. The summed E-state index contributed by atoms with van der Waals surface area (Å²) in [5, 5.41) is 3.34. The van der Waals surface area contributed by atoms with E-state index in [-0.39, 0.29) is 22.9 Å². The van der Waals surface area contributed by atoms with Gasteiger partial charge in [0, 0.05) is 21.2 Å². The van der Waals surface area contributed by atoms with E-state index in [0.29, 0.717) is 39.1 Å². The van der Waals surface area contributed by atoms with Crippen molar-refractivity contribution in [1.29, 1.82) is 0 Å². The topological polar surface area (TPSA) is 84.9 Å². The fourth-order valence-corrected chi connectivity index (χ4v) is 4.54. The van der Waals surface area contributed by atoms with Gasteiger partial charge < -0.3 is 9.47 Å². The lowest BCUT2D eigenvalue weighted by atomic mass is 10.0. The van der Waals surface area contributed by atoms with Crippen molar-refractivity contribution in [1.82, 2.24) is 5.32 Å². The van der Waals surface area contributed by atoms with Gasteiger partial charge in [-0.3, -0.25) is 14.9 Å². The van der Waals surface area contributed by atoms with Crippen LogP contribution in [-0.4, -0.2) is 25.0 Å². The van der Waals surface area contributed by atoms with Crippen LogP contribution in [0.25, 0.3) is 6.08 Å². The normalized spacial score (nSPS) is 14.5. The van der Waals surface area contributed by atoms with Crippen molar-refractivity contribution in [3.63, 3.8) is 0 Å². The number of hydrogen-bond donors (Lipinski definition) is 1. The maximum absolute atomic E-state index is 13.3. The molecule has 4 rings (SSSR count). The molecule has 0 atom stereocenters. The molecule has 1 aliphatic rings. The smallest absolute Gasteiger partial charge is 0.335 e. The number of nitrogens with zero attached hydrogens (tertiary/aromatic N) is 1. The molecule has 1 saturated heterocycles. The van der Waals surface area contributed by atoms with E-state index in [0.717, 1.165) is 10.5 Å². The molecule has 0 saturated carbocycles. The molecule has 0 spiro atoms. The van der Waals surface area contributed by atoms with E-state index in [1.165, 1.54) is 19.3 Å². The minimum Gasteiger partial charge on any atom is -0.493 e. The summed E-state index contributed by atoms with van der Waals surface area (Å²) < 4.78 is 11.6. The number of amides is 4. The maximum Gasteiger partial charge on any atom is 0.335 e. The number of barbiturate groups is 1. The first kappa shape index (κ1) is 27.3. The largest absolute Gasteiger partial charge is 0.493 e. The van der Waals surface area contributed by atoms with Gasteiger partial charge in [0.15, 0.2) is 11.5 Å². The number of benzene rings is 3. The summed E-state index contributed by atoms with van der Waals surface area (Å²) in [5.74, 6) is -0.823. The number of rotatable bonds is 8. The Morgan fingerprint density at radius 1 is 0.974 bits per heavy atom. The molecule has 3 aromatic rings. The fourth-order valence-electron chi connectivity index (χ4n) is 3.85. The monoisotopic (exact) mass is 570 g/mol. The number of allylic oxidation sites excluding steroid dienone is 1. The third-order valence-electron chi connectivity index (χ3n) is 5.63. The third kappa shape index (κ3) is 5.70. The lowest BCUT2D eigenvalue weighted by molar-refractivity contribution is -0.122. The van der Waals surface area contributed by atoms with Crippen molar-refractivity contribution in [3.05, 3.63) is 105 Å². The zero-order valence-electron chi connectivity index (χ0n) is 20.1. The quantitative estimate of drug-likeness (QED) is 0.186. The Labute approximate surface area is 234 Å². The SMILES string of the molecule is C=CCc1cc(/C=C2\C(=O)NC(=O)N(c3ccccc3Cl)C2=O)cc(OC)c1OCc1ccc(Cl)cc1Cl. The summed E-state index contributed by atoms with van der Waals surface area (Å²) in [5.41, 5.74) is 1.80. The molecule has 0 unspecified atom stereocenters. The van der Waals surface area contributed by atoms with E-state index in [1.807, 2.05) is 0 Å². The molecule has 38 heavy (non-hydrogen) atoms. The van der Waals surface area contributed by atoms with Gasteiger partial charge in [0.25, 0.3) is 11.8 Å². The molecule has 10 heteroatoms. The number of methoxy groups -OCH3 is 1. The molecule has 1 aliphatic heterocycles. The van der Waals surface area contributed by atoms with Crippen LogP contribution >= 0.6 is 34.8 Å². The van der Waals surface area contributed by atoms with E-state index in [9.17, 15) is 14.4 Å². The van der Waals surface area contributed by atoms with Crippen LogP contribution < -0.4 is 19.7 Å². The summed E-state index contributed by atoms with van der Waals surface area (Å²) in [7, 11) is 1.47. The van der Waals surface area contributed by atoms with Gasteiger partial charge in [0.05, 0.1) is 17.8 Å². The van der Waals surface area contributed by atoms with Crippen molar-refractivity contribution >= 4 is 64.4 Å². The Morgan fingerprint density at radius 2 is 1.74 bits per heavy atom. The van der Waals surface area contributed by atoms with Crippen LogP contribution in [0.15, 0.2) is 72.8 Å². The zero-order chi connectivity index (χ0) is 27.4. The molecule has 3 aromatic carbocycles. The second kappa shape index (κ2) is 11.7. The Hall–Kier alpha value is -3.78. The van der Waals surface area contributed by atoms with Crippen LogP contribution in [0.3, 0.4) is 0 Å². The van der Waals surface area contributed by atoms with E-state index < -0.39 is 17.8 Å². The van der Waals surface area contributed by atoms with Crippen LogP contribution in [0.2, 0.25) is 15.1 Å². The van der Waals surface area contributed by atoms with Crippen molar-refractivity contribution in [2.75, 3.05) is 12.0 Å². The van der Waals surface area contributed by atoms with Crippen LogP contribution in [0.4, 0.5) is 10.5 Å². The first-order valence-corrected chi connectivity index (χ1v) is 12.4. The van der Waals surface area contributed by atoms with Crippen molar-refractivity contribution in [2.45, 2.75) is 13.0 Å². The van der Waals surface area contributed by atoms with Crippen LogP contribution in [0, 0.1) is 0 Å². The van der Waals surface area contributed by atoms with Crippen molar-refractivity contribution in [3.8, 4) is 11.5 Å². The van der Waals surface area contributed by atoms with Crippen LogP contribution in [0.5, 0.6) is 11.5 Å². The second-order valence-corrected chi connectivity index (χ2v) is 9.39. The Bertz CT molecular complexity index is 1490. The zero-order valence-corrected chi connectivity index (χ0v) is 22.4. The highest BCUT2D eigenvalue weighted by Crippen LogP contribution is 2.36. The van der Waals surface area contributed by atoms with Gasteiger partial charge in [0.1, 0.15) is 12.2 Å². The second-order valence-electron chi connectivity index (χ2n) is 8.14. The van der Waals surface area contributed by atoms with Crippen LogP contribution in [0.1, 0.15) is 16.7 Å². The Morgan fingerprint density at radius 3 is 2.42 bits per heavy atom. The molecule has 0 aliphatic carbocycles. The fraction of sp³-hybridized carbons (Fsp3) is 0.107. The molecular weight excluding hydrogens is 551 g/mol. The van der Waals surface area contributed by atoms with Crippen molar-refractivity contribution < 1.29 is 23.9 Å². The molecule has 0 radical (unpaired) electrons. The number of halogens is 3. The van der Waals surface area contributed by atoms with Crippen molar-refractivity contribution in [2.24, 2.45) is 0 Å². The highest BCUT2D eigenvalue weighted by Gasteiger charge is 2.37. The first-order valence-electron chi connectivity index (χ1n) is 11.3. The van der Waals surface area contributed by atoms with E-state index in [4.69, 9.17) is 44.3 Å².